The monoisotopic (exact) mass is 531 g/mol. The van der Waals surface area contributed by atoms with E-state index in [2.05, 4.69) is 0 Å². The summed E-state index contributed by atoms with van der Waals surface area (Å²) in [7, 11) is 5.95. The molecule has 0 spiro atoms. The number of rotatable bonds is 10. The predicted molar refractivity (Wildman–Crippen MR) is 133 cm³/mol. The maximum atomic E-state index is 10.7. The van der Waals surface area contributed by atoms with Crippen molar-refractivity contribution in [2.24, 2.45) is 0 Å². The fourth-order valence-electron chi connectivity index (χ4n) is 4.50. The molecule has 0 amide bonds. The van der Waals surface area contributed by atoms with Crippen LogP contribution >= 0.6 is 0 Å². The van der Waals surface area contributed by atoms with Gasteiger partial charge in [0.05, 0.1) is 25.4 Å². The molecule has 12 heteroatoms. The van der Waals surface area contributed by atoms with Crippen LogP contribution in [0, 0.1) is 0 Å². The minimum atomic E-state index is -1.53. The lowest BCUT2D eigenvalue weighted by Gasteiger charge is -2.39. The Morgan fingerprint density at radius 1 is 0.684 bits per heavy atom. The standard InChI is InChI=1S/C26H34BNO10/c27-28(11-17(29)21(33)23-19(31)13-35-25(37-23)15-7-3-1-4-8-15)12-18(30)22(34)24-20(32)14-36-26(38-24)16-9-5-2-6-10-16/h1-10,17-26,29-34H,11-14H2. The average molecular weight is 531 g/mol. The summed E-state index contributed by atoms with van der Waals surface area (Å²) >= 11 is 0. The van der Waals surface area contributed by atoms with Crippen LogP contribution in [0.2, 0.25) is 0 Å². The molecule has 2 heterocycles. The summed E-state index contributed by atoms with van der Waals surface area (Å²) < 4.78 is 22.4. The van der Waals surface area contributed by atoms with E-state index in [-0.39, 0.29) is 26.3 Å². The number of hydrogen-bond acceptors (Lipinski definition) is 11. The van der Waals surface area contributed by atoms with Gasteiger partial charge in [-0.15, -0.1) is 0 Å². The molecule has 2 saturated heterocycles. The fraction of sp³-hybridized carbons (Fsp3) is 0.538. The van der Waals surface area contributed by atoms with Crippen LogP contribution < -0.4 is 0 Å². The summed E-state index contributed by atoms with van der Waals surface area (Å²) in [6.45, 7) is -0.859. The van der Waals surface area contributed by atoms with Gasteiger partial charge in [0.25, 0.3) is 0 Å². The topological polar surface area (TPSA) is 162 Å². The number of benzene rings is 2. The average Bonchev–Trinajstić information content (AvgIpc) is 2.93. The molecule has 206 valence electrons. The van der Waals surface area contributed by atoms with Crippen molar-refractivity contribution in [3.63, 3.8) is 0 Å². The molecule has 2 aliphatic rings. The first-order valence-corrected chi connectivity index (χ1v) is 12.5. The summed E-state index contributed by atoms with van der Waals surface area (Å²) in [6.07, 6.45) is -12.4. The van der Waals surface area contributed by atoms with Gasteiger partial charge in [0.15, 0.2) is 20.6 Å². The molecule has 4 rings (SSSR count). The van der Waals surface area contributed by atoms with Crippen molar-refractivity contribution in [3.8, 4) is 0 Å². The van der Waals surface area contributed by atoms with Crippen molar-refractivity contribution < 1.29 is 49.6 Å². The Balaban J connectivity index is 1.29. The normalized spacial score (nSPS) is 31.4. The maximum Gasteiger partial charge on any atom is 0.184 e. The summed E-state index contributed by atoms with van der Waals surface area (Å²) in [5.41, 5.74) is 1.38. The summed E-state index contributed by atoms with van der Waals surface area (Å²) in [5.74, 6) is 0. The van der Waals surface area contributed by atoms with Gasteiger partial charge in [0.1, 0.15) is 36.6 Å². The Kier molecular flexibility index (Phi) is 10.3. The minimum absolute atomic E-state index is 0.108. The van der Waals surface area contributed by atoms with Gasteiger partial charge in [0, 0.05) is 24.2 Å². The van der Waals surface area contributed by atoms with E-state index in [1.165, 1.54) is 0 Å². The van der Waals surface area contributed by atoms with Gasteiger partial charge < -0.3 is 54.4 Å². The number of hydrogen-bond donors (Lipinski definition) is 6. The van der Waals surface area contributed by atoms with Gasteiger partial charge >= 0.3 is 0 Å². The van der Waals surface area contributed by atoms with E-state index in [0.717, 1.165) is 4.81 Å². The minimum Gasteiger partial charge on any atom is -0.389 e. The van der Waals surface area contributed by atoms with E-state index in [4.69, 9.17) is 26.9 Å². The highest BCUT2D eigenvalue weighted by Gasteiger charge is 2.41. The first kappa shape index (κ1) is 29.1. The van der Waals surface area contributed by atoms with Crippen LogP contribution in [0.5, 0.6) is 0 Å². The maximum absolute atomic E-state index is 10.7. The molecular formula is C26H34BNO10. The molecule has 0 aromatic heterocycles. The summed E-state index contributed by atoms with van der Waals surface area (Å²) in [4.78, 5) is 1.02. The Hall–Kier alpha value is -1.94. The molecule has 2 fully saturated rings. The van der Waals surface area contributed by atoms with Crippen LogP contribution in [0.1, 0.15) is 23.7 Å². The van der Waals surface area contributed by atoms with E-state index < -0.39 is 61.4 Å². The fourth-order valence-corrected chi connectivity index (χ4v) is 4.50. The summed E-state index contributed by atoms with van der Waals surface area (Å²) in [5, 5.41) is 63.1. The third kappa shape index (κ3) is 7.17. The smallest absolute Gasteiger partial charge is 0.184 e. The Bertz CT molecular complexity index is 898. The van der Waals surface area contributed by atoms with Gasteiger partial charge in [-0.05, 0) is 0 Å². The molecule has 2 aromatic carbocycles. The molecule has 2 aliphatic heterocycles. The van der Waals surface area contributed by atoms with Crippen LogP contribution in [0.25, 0.3) is 0 Å². The number of aliphatic hydroxyl groups is 6. The van der Waals surface area contributed by atoms with E-state index >= 15 is 0 Å². The molecule has 10 unspecified atom stereocenters. The van der Waals surface area contributed by atoms with Crippen LogP contribution in [0.3, 0.4) is 0 Å². The van der Waals surface area contributed by atoms with E-state index in [1.54, 1.807) is 48.5 Å². The van der Waals surface area contributed by atoms with E-state index in [1.807, 2.05) is 12.1 Å². The Morgan fingerprint density at radius 3 is 1.42 bits per heavy atom. The van der Waals surface area contributed by atoms with Crippen LogP contribution in [0.4, 0.5) is 0 Å². The lowest BCUT2D eigenvalue weighted by Crippen LogP contribution is -2.56. The summed E-state index contributed by atoms with van der Waals surface area (Å²) in [6, 6.07) is 17.9. The van der Waals surface area contributed by atoms with Crippen molar-refractivity contribution in [1.29, 1.82) is 0 Å². The highest BCUT2D eigenvalue weighted by molar-refractivity contribution is 6.04. The second-order valence-corrected chi connectivity index (χ2v) is 9.56. The van der Waals surface area contributed by atoms with Gasteiger partial charge in [-0.25, -0.2) is 0 Å². The second kappa shape index (κ2) is 13.4. The molecule has 2 radical (unpaired) electrons. The zero-order valence-electron chi connectivity index (χ0n) is 20.7. The molecule has 6 N–H and O–H groups in total. The van der Waals surface area contributed by atoms with Crippen molar-refractivity contribution in [2.75, 3.05) is 26.3 Å². The van der Waals surface area contributed by atoms with Crippen LogP contribution in [-0.4, -0.2) is 119 Å². The Morgan fingerprint density at radius 2 is 1.05 bits per heavy atom. The van der Waals surface area contributed by atoms with Crippen LogP contribution in [0.15, 0.2) is 60.7 Å². The molecule has 11 nitrogen and oxygen atoms in total. The van der Waals surface area contributed by atoms with Crippen molar-refractivity contribution in [1.82, 2.24) is 4.81 Å². The third-order valence-electron chi connectivity index (χ3n) is 6.60. The number of ether oxygens (including phenoxy) is 4. The highest BCUT2D eigenvalue weighted by Crippen LogP contribution is 2.30. The predicted octanol–water partition coefficient (Wildman–Crippen LogP) is -1.23. The molecular weight excluding hydrogens is 497 g/mol. The molecule has 0 aliphatic carbocycles. The molecule has 10 atom stereocenters. The number of aliphatic hydroxyl groups excluding tert-OH is 6. The van der Waals surface area contributed by atoms with Crippen molar-refractivity contribution in [3.05, 3.63) is 71.8 Å². The first-order chi connectivity index (χ1) is 18.2. The highest BCUT2D eigenvalue weighted by atomic mass is 16.7. The van der Waals surface area contributed by atoms with Crippen molar-refractivity contribution in [2.45, 2.75) is 61.4 Å². The van der Waals surface area contributed by atoms with Gasteiger partial charge in [0.2, 0.25) is 0 Å². The zero-order chi connectivity index (χ0) is 27.2. The Labute approximate surface area is 222 Å². The lowest BCUT2D eigenvalue weighted by molar-refractivity contribution is -0.284. The van der Waals surface area contributed by atoms with E-state index in [0.29, 0.717) is 11.1 Å². The lowest BCUT2D eigenvalue weighted by atomic mass is 9.98. The second-order valence-electron chi connectivity index (χ2n) is 9.56. The SMILES string of the molecule is [B]N(CC(O)C(O)C1OC(c2ccccc2)OCC1O)CC(O)C(O)C1OC(c2ccccc2)OCC1O. The van der Waals surface area contributed by atoms with E-state index in [9.17, 15) is 30.6 Å². The van der Waals surface area contributed by atoms with Gasteiger partial charge in [-0.1, -0.05) is 60.7 Å². The molecule has 38 heavy (non-hydrogen) atoms. The van der Waals surface area contributed by atoms with Crippen molar-refractivity contribution >= 4 is 7.98 Å². The molecule has 0 saturated carbocycles. The largest absolute Gasteiger partial charge is 0.389 e. The van der Waals surface area contributed by atoms with Gasteiger partial charge in [-0.3, -0.25) is 0 Å². The first-order valence-electron chi connectivity index (χ1n) is 12.5. The quantitative estimate of drug-likeness (QED) is 0.204. The van der Waals surface area contributed by atoms with Gasteiger partial charge in [-0.2, -0.15) is 0 Å². The molecule has 2 aromatic rings. The number of nitrogens with zero attached hydrogens (tertiary/aromatic N) is 1. The van der Waals surface area contributed by atoms with Crippen LogP contribution in [-0.2, 0) is 18.9 Å². The third-order valence-corrected chi connectivity index (χ3v) is 6.60. The molecule has 0 bridgehead atoms. The zero-order valence-corrected chi connectivity index (χ0v) is 20.7.